The Labute approximate surface area is 131 Å². The lowest BCUT2D eigenvalue weighted by molar-refractivity contribution is -0.132. The molecule has 1 saturated carbocycles. The molecule has 1 aromatic rings. The Morgan fingerprint density at radius 3 is 2.73 bits per heavy atom. The van der Waals surface area contributed by atoms with Gasteiger partial charge in [0, 0.05) is 44.6 Å². The van der Waals surface area contributed by atoms with Crippen molar-refractivity contribution in [2.24, 2.45) is 5.92 Å². The van der Waals surface area contributed by atoms with E-state index in [0.717, 1.165) is 50.7 Å². The first-order chi connectivity index (χ1) is 10.7. The summed E-state index contributed by atoms with van der Waals surface area (Å²) in [6, 6.07) is 0. The number of aliphatic hydroxyl groups is 1. The van der Waals surface area contributed by atoms with E-state index in [2.05, 4.69) is 21.8 Å². The standard InChI is InChI=1S/C16H26N4O2/c1-2-13-10-17-15(18-13)9-16(22)20-7-5-19(6-8-20)11-14(21)12-3-4-12/h10,12,14,21H,2-9,11H2,1H3,(H,17,18). The van der Waals surface area contributed by atoms with Gasteiger partial charge in [0.2, 0.25) is 5.91 Å². The van der Waals surface area contributed by atoms with E-state index in [1.807, 2.05) is 4.90 Å². The van der Waals surface area contributed by atoms with Crippen molar-refractivity contribution < 1.29 is 9.90 Å². The Morgan fingerprint density at radius 1 is 1.41 bits per heavy atom. The molecule has 122 valence electrons. The topological polar surface area (TPSA) is 72.5 Å². The highest BCUT2D eigenvalue weighted by molar-refractivity contribution is 5.78. The third kappa shape index (κ3) is 3.87. The Kier molecular flexibility index (Phi) is 4.78. The normalized spacial score (nSPS) is 21.1. The van der Waals surface area contributed by atoms with Gasteiger partial charge in [-0.15, -0.1) is 0 Å². The number of hydrogen-bond acceptors (Lipinski definition) is 4. The maximum absolute atomic E-state index is 12.3. The van der Waals surface area contributed by atoms with Crippen molar-refractivity contribution in [3.05, 3.63) is 17.7 Å². The molecule has 1 unspecified atom stereocenters. The summed E-state index contributed by atoms with van der Waals surface area (Å²) in [5.41, 5.74) is 1.07. The quantitative estimate of drug-likeness (QED) is 0.799. The van der Waals surface area contributed by atoms with Gasteiger partial charge in [-0.1, -0.05) is 6.92 Å². The number of carbonyl (C=O) groups is 1. The van der Waals surface area contributed by atoms with E-state index in [1.165, 1.54) is 12.8 Å². The fourth-order valence-corrected chi connectivity index (χ4v) is 3.00. The van der Waals surface area contributed by atoms with Crippen LogP contribution in [0.2, 0.25) is 0 Å². The molecular weight excluding hydrogens is 280 g/mol. The fourth-order valence-electron chi connectivity index (χ4n) is 3.00. The second-order valence-electron chi connectivity index (χ2n) is 6.47. The van der Waals surface area contributed by atoms with Gasteiger partial charge in [0.05, 0.1) is 12.5 Å². The van der Waals surface area contributed by atoms with E-state index in [9.17, 15) is 9.90 Å². The lowest BCUT2D eigenvalue weighted by atomic mass is 10.2. The number of hydrogen-bond donors (Lipinski definition) is 2. The first-order valence-electron chi connectivity index (χ1n) is 8.36. The van der Waals surface area contributed by atoms with E-state index in [1.54, 1.807) is 6.20 Å². The molecule has 0 bridgehead atoms. The molecule has 1 aromatic heterocycles. The Hall–Kier alpha value is -1.40. The van der Waals surface area contributed by atoms with Crippen LogP contribution in [0.15, 0.2) is 6.20 Å². The molecule has 22 heavy (non-hydrogen) atoms. The van der Waals surface area contributed by atoms with Crippen molar-refractivity contribution >= 4 is 5.91 Å². The molecule has 3 rings (SSSR count). The second-order valence-corrected chi connectivity index (χ2v) is 6.47. The van der Waals surface area contributed by atoms with Crippen molar-refractivity contribution in [3.63, 3.8) is 0 Å². The number of aromatic amines is 1. The summed E-state index contributed by atoms with van der Waals surface area (Å²) < 4.78 is 0. The molecular formula is C16H26N4O2. The highest BCUT2D eigenvalue weighted by atomic mass is 16.3. The maximum Gasteiger partial charge on any atom is 0.230 e. The average molecular weight is 306 g/mol. The third-order valence-electron chi connectivity index (χ3n) is 4.72. The number of nitrogens with zero attached hydrogens (tertiary/aromatic N) is 3. The number of amides is 1. The van der Waals surface area contributed by atoms with Crippen LogP contribution in [-0.4, -0.2) is 69.6 Å². The van der Waals surface area contributed by atoms with Crippen molar-refractivity contribution in [2.75, 3.05) is 32.7 Å². The second kappa shape index (κ2) is 6.79. The Morgan fingerprint density at radius 2 is 2.14 bits per heavy atom. The summed E-state index contributed by atoms with van der Waals surface area (Å²) in [5.74, 6) is 1.42. The first kappa shape index (κ1) is 15.5. The fraction of sp³-hybridized carbons (Fsp3) is 0.750. The molecule has 0 spiro atoms. The van der Waals surface area contributed by atoms with Gasteiger partial charge < -0.3 is 15.0 Å². The van der Waals surface area contributed by atoms with Crippen LogP contribution in [0.4, 0.5) is 0 Å². The smallest absolute Gasteiger partial charge is 0.230 e. The summed E-state index contributed by atoms with van der Waals surface area (Å²) in [4.78, 5) is 23.9. The number of nitrogens with one attached hydrogen (secondary N) is 1. The van der Waals surface area contributed by atoms with E-state index in [-0.39, 0.29) is 12.0 Å². The molecule has 0 aromatic carbocycles. The van der Waals surface area contributed by atoms with Crippen LogP contribution < -0.4 is 0 Å². The van der Waals surface area contributed by atoms with Gasteiger partial charge in [-0.25, -0.2) is 4.98 Å². The van der Waals surface area contributed by atoms with E-state index < -0.39 is 0 Å². The summed E-state index contributed by atoms with van der Waals surface area (Å²) in [6.45, 7) is 6.02. The van der Waals surface area contributed by atoms with Crippen molar-refractivity contribution in [1.82, 2.24) is 19.8 Å². The van der Waals surface area contributed by atoms with Crippen LogP contribution >= 0.6 is 0 Å². The largest absolute Gasteiger partial charge is 0.392 e. The summed E-state index contributed by atoms with van der Waals surface area (Å²) in [5, 5.41) is 10.0. The zero-order valence-corrected chi connectivity index (χ0v) is 13.3. The molecule has 0 radical (unpaired) electrons. The minimum atomic E-state index is -0.183. The van der Waals surface area contributed by atoms with Gasteiger partial charge in [-0.05, 0) is 25.2 Å². The van der Waals surface area contributed by atoms with Crippen LogP contribution in [0.3, 0.4) is 0 Å². The van der Waals surface area contributed by atoms with E-state index >= 15 is 0 Å². The number of rotatable bonds is 6. The lowest BCUT2D eigenvalue weighted by Gasteiger charge is -2.35. The summed E-state index contributed by atoms with van der Waals surface area (Å²) >= 11 is 0. The maximum atomic E-state index is 12.3. The first-order valence-corrected chi connectivity index (χ1v) is 8.36. The predicted octanol–water partition coefficient (Wildman–Crippen LogP) is 0.430. The van der Waals surface area contributed by atoms with Gasteiger partial charge in [0.1, 0.15) is 5.82 Å². The van der Waals surface area contributed by atoms with Crippen molar-refractivity contribution in [3.8, 4) is 0 Å². The van der Waals surface area contributed by atoms with Crippen molar-refractivity contribution in [2.45, 2.75) is 38.7 Å². The minimum absolute atomic E-state index is 0.138. The number of carbonyl (C=O) groups excluding carboxylic acids is 1. The van der Waals surface area contributed by atoms with Crippen LogP contribution in [0.25, 0.3) is 0 Å². The monoisotopic (exact) mass is 306 g/mol. The number of H-pyrrole nitrogens is 1. The SMILES string of the molecule is CCc1cnc(CC(=O)N2CCN(CC(O)C3CC3)CC2)[nH]1. The molecule has 6 heteroatoms. The molecule has 2 N–H and O–H groups in total. The van der Waals surface area contributed by atoms with E-state index in [4.69, 9.17) is 0 Å². The third-order valence-corrected chi connectivity index (χ3v) is 4.72. The molecule has 1 atom stereocenters. The van der Waals surface area contributed by atoms with Gasteiger partial charge in [0.25, 0.3) is 0 Å². The van der Waals surface area contributed by atoms with Crippen LogP contribution in [0.5, 0.6) is 0 Å². The number of piperazine rings is 1. The predicted molar refractivity (Wildman–Crippen MR) is 83.4 cm³/mol. The summed E-state index contributed by atoms with van der Waals surface area (Å²) in [6.07, 6.45) is 5.22. The highest BCUT2D eigenvalue weighted by Gasteiger charge is 2.32. The minimum Gasteiger partial charge on any atom is -0.392 e. The number of imidazole rings is 1. The van der Waals surface area contributed by atoms with Gasteiger partial charge >= 0.3 is 0 Å². The van der Waals surface area contributed by atoms with Gasteiger partial charge in [0.15, 0.2) is 0 Å². The van der Waals surface area contributed by atoms with Gasteiger partial charge in [-0.3, -0.25) is 9.69 Å². The van der Waals surface area contributed by atoms with Crippen LogP contribution in [-0.2, 0) is 17.6 Å². The molecule has 1 saturated heterocycles. The van der Waals surface area contributed by atoms with Crippen LogP contribution in [0.1, 0.15) is 31.3 Å². The Bertz CT molecular complexity index is 504. The number of β-amino-alcohol motifs (C(OH)–C–C–N with tert-alkyl or cyclic N) is 1. The van der Waals surface area contributed by atoms with Gasteiger partial charge in [-0.2, -0.15) is 0 Å². The molecule has 2 heterocycles. The van der Waals surface area contributed by atoms with Crippen molar-refractivity contribution in [1.29, 1.82) is 0 Å². The summed E-state index contributed by atoms with van der Waals surface area (Å²) in [7, 11) is 0. The molecule has 6 nitrogen and oxygen atoms in total. The molecule has 1 aliphatic carbocycles. The number of aromatic nitrogens is 2. The molecule has 1 amide bonds. The lowest BCUT2D eigenvalue weighted by Crippen LogP contribution is -2.51. The molecule has 2 fully saturated rings. The molecule has 1 aliphatic heterocycles. The highest BCUT2D eigenvalue weighted by Crippen LogP contribution is 2.32. The molecule has 2 aliphatic rings. The zero-order chi connectivity index (χ0) is 15.5. The Balaban J connectivity index is 1.43. The number of aliphatic hydroxyl groups excluding tert-OH is 1. The van der Waals surface area contributed by atoms with E-state index in [0.29, 0.717) is 12.3 Å². The number of aryl methyl sites for hydroxylation is 1. The zero-order valence-electron chi connectivity index (χ0n) is 13.3. The van der Waals surface area contributed by atoms with Crippen LogP contribution in [0, 0.1) is 5.92 Å². The average Bonchev–Trinajstić information content (AvgIpc) is 3.28.